The number of rotatable bonds is 30. The summed E-state index contributed by atoms with van der Waals surface area (Å²) in [5.74, 6) is 0.316. The molecule has 0 aliphatic rings. The lowest BCUT2D eigenvalue weighted by Gasteiger charge is -2.22. The van der Waals surface area contributed by atoms with E-state index in [-0.39, 0.29) is 34.1 Å². The molecule has 0 saturated carbocycles. The number of unbranched alkanes of at least 4 members (excludes halogenated alkanes) is 18. The van der Waals surface area contributed by atoms with Gasteiger partial charge >= 0.3 is 0 Å². The van der Waals surface area contributed by atoms with Crippen LogP contribution in [0, 0.1) is 0 Å². The van der Waals surface area contributed by atoms with Crippen LogP contribution in [0.2, 0.25) is 0 Å². The molecule has 0 aliphatic heterocycles. The lowest BCUT2D eigenvalue weighted by molar-refractivity contribution is -0.115. The molecule has 0 saturated heterocycles. The van der Waals surface area contributed by atoms with Gasteiger partial charge in [-0.25, -0.2) is 0 Å². The van der Waals surface area contributed by atoms with E-state index in [4.69, 9.17) is 19.5 Å². The highest BCUT2D eigenvalue weighted by Crippen LogP contribution is 2.42. The topological polar surface area (TPSA) is 142 Å². The van der Waals surface area contributed by atoms with E-state index in [1.807, 2.05) is 24.3 Å². The minimum Gasteiger partial charge on any atom is -0.505 e. The first kappa shape index (κ1) is 55.5. The monoisotopic (exact) mass is 911 g/mol. The molecule has 0 aromatic heterocycles. The summed E-state index contributed by atoms with van der Waals surface area (Å²) >= 11 is 0. The number of nitrogens with zero attached hydrogens (tertiary/aromatic N) is 2. The smallest absolute Gasteiger partial charge is 0.221 e. The number of hydrogen-bond acceptors (Lipinski definition) is 8. The summed E-state index contributed by atoms with van der Waals surface area (Å²) in [7, 11) is 0. The molecule has 3 rings (SSSR count). The van der Waals surface area contributed by atoms with Crippen molar-refractivity contribution in [3.05, 3.63) is 58.7 Å². The normalized spacial score (nSPS) is 12.0. The number of phenols is 2. The zero-order valence-corrected chi connectivity index (χ0v) is 42.6. The van der Waals surface area contributed by atoms with E-state index in [1.165, 1.54) is 117 Å². The van der Waals surface area contributed by atoms with Crippen molar-refractivity contribution < 1.29 is 29.3 Å². The minimum absolute atomic E-state index is 0.102. The predicted molar refractivity (Wildman–Crippen MR) is 278 cm³/mol. The molecule has 0 atom stereocenters. The van der Waals surface area contributed by atoms with Crippen LogP contribution >= 0.6 is 0 Å². The Kier molecular flexibility index (Phi) is 24.4. The molecule has 10 nitrogen and oxygen atoms in total. The molecule has 366 valence electrons. The molecule has 0 spiro atoms. The van der Waals surface area contributed by atoms with E-state index < -0.39 is 0 Å². The number of aliphatic imine (C=N–C) groups is 2. The van der Waals surface area contributed by atoms with E-state index >= 15 is 0 Å². The number of phenolic OH excluding ortho intramolecular Hbond substituents is 2. The van der Waals surface area contributed by atoms with Gasteiger partial charge in [0, 0.05) is 49.5 Å². The first-order valence-corrected chi connectivity index (χ1v) is 25.3. The standard InChI is InChI=1S/C56H86N4O6/c1-11-13-15-17-19-21-23-25-27-29-31-65-51-37-47(57-39-43-33-45(55(5,6)7)35-49(53(43)63)59-41(3)61)48(38-52(51)66-32-30-28-26-24-22-20-18-16-14-12-2)58-40-44-34-46(56(8,9)10)36-50(54(44)64)60-42(4)62/h33-40,63-64H,11-32H2,1-10H3,(H,59,61)(H,60,62). The van der Waals surface area contributed by atoms with Gasteiger partial charge in [-0.15, -0.1) is 0 Å². The third kappa shape index (κ3) is 20.3. The number of nitrogens with one attached hydrogen (secondary N) is 2. The summed E-state index contributed by atoms with van der Waals surface area (Å²) in [5.41, 5.74) is 3.58. The Balaban J connectivity index is 2.06. The Morgan fingerprint density at radius 2 is 0.803 bits per heavy atom. The van der Waals surface area contributed by atoms with Crippen LogP contribution in [0.1, 0.15) is 220 Å². The SMILES string of the molecule is CCCCCCCCCCCCOc1cc(N=Cc2cc(C(C)(C)C)cc(NC(C)=O)c2O)c(N=Cc2cc(C(C)(C)C)cc(NC(C)=O)c2O)cc1OCCCCCCCCCCCC. The van der Waals surface area contributed by atoms with Gasteiger partial charge in [0.1, 0.15) is 11.5 Å². The molecule has 0 unspecified atom stereocenters. The minimum atomic E-state index is -0.297. The molecule has 0 aliphatic carbocycles. The second-order valence-electron chi connectivity index (χ2n) is 20.2. The number of anilines is 2. The van der Waals surface area contributed by atoms with Crippen LogP contribution in [-0.2, 0) is 20.4 Å². The highest BCUT2D eigenvalue weighted by Gasteiger charge is 2.21. The molecule has 0 heterocycles. The Morgan fingerprint density at radius 1 is 0.500 bits per heavy atom. The van der Waals surface area contributed by atoms with Crippen molar-refractivity contribution in [2.45, 2.75) is 208 Å². The van der Waals surface area contributed by atoms with Gasteiger partial charge < -0.3 is 30.3 Å². The second kappa shape index (κ2) is 29.0. The molecule has 0 bridgehead atoms. The summed E-state index contributed by atoms with van der Waals surface area (Å²) in [6, 6.07) is 11.0. The lowest BCUT2D eigenvalue weighted by atomic mass is 9.85. The van der Waals surface area contributed by atoms with Gasteiger partial charge in [-0.1, -0.05) is 171 Å². The van der Waals surface area contributed by atoms with Crippen molar-refractivity contribution in [2.75, 3.05) is 23.8 Å². The summed E-state index contributed by atoms with van der Waals surface area (Å²) in [6.45, 7) is 20.8. The Labute approximate surface area is 398 Å². The van der Waals surface area contributed by atoms with Crippen LogP contribution in [0.3, 0.4) is 0 Å². The van der Waals surface area contributed by atoms with Gasteiger partial charge in [-0.2, -0.15) is 0 Å². The summed E-state index contributed by atoms with van der Waals surface area (Å²) in [6.07, 6.45) is 27.6. The van der Waals surface area contributed by atoms with Crippen molar-refractivity contribution in [2.24, 2.45) is 9.98 Å². The van der Waals surface area contributed by atoms with Gasteiger partial charge in [0.2, 0.25) is 11.8 Å². The lowest BCUT2D eigenvalue weighted by Crippen LogP contribution is -2.14. The number of ether oxygens (including phenoxy) is 2. The molecule has 0 fully saturated rings. The van der Waals surface area contributed by atoms with Crippen LogP contribution in [0.15, 0.2) is 46.4 Å². The van der Waals surface area contributed by atoms with Crippen LogP contribution in [0.25, 0.3) is 0 Å². The zero-order chi connectivity index (χ0) is 48.5. The maximum Gasteiger partial charge on any atom is 0.221 e. The molecular formula is C56H86N4O6. The largest absolute Gasteiger partial charge is 0.505 e. The third-order valence-corrected chi connectivity index (χ3v) is 11.9. The number of hydrogen-bond donors (Lipinski definition) is 4. The molecule has 2 amide bonds. The van der Waals surface area contributed by atoms with Gasteiger partial charge in [0.15, 0.2) is 11.5 Å². The van der Waals surface area contributed by atoms with Gasteiger partial charge in [0.25, 0.3) is 0 Å². The highest BCUT2D eigenvalue weighted by molar-refractivity contribution is 5.97. The number of carbonyl (C=O) groups is 2. The average Bonchev–Trinajstić information content (AvgIpc) is 3.24. The fourth-order valence-electron chi connectivity index (χ4n) is 7.74. The molecular weight excluding hydrogens is 825 g/mol. The highest BCUT2D eigenvalue weighted by atomic mass is 16.5. The molecule has 0 radical (unpaired) electrons. The van der Waals surface area contributed by atoms with Crippen molar-refractivity contribution in [1.29, 1.82) is 0 Å². The fraction of sp³-hybridized carbons (Fsp3) is 0.607. The summed E-state index contributed by atoms with van der Waals surface area (Å²) in [4.78, 5) is 34.2. The third-order valence-electron chi connectivity index (χ3n) is 11.9. The number of aromatic hydroxyl groups is 2. The Bertz CT molecular complexity index is 1870. The maximum absolute atomic E-state index is 12.2. The number of benzene rings is 3. The van der Waals surface area contributed by atoms with E-state index in [0.717, 1.165) is 36.8 Å². The van der Waals surface area contributed by atoms with Crippen molar-refractivity contribution in [3.63, 3.8) is 0 Å². The number of carbonyl (C=O) groups excluding carboxylic acids is 2. The van der Waals surface area contributed by atoms with E-state index in [2.05, 4.69) is 66.0 Å². The molecule has 3 aromatic rings. The van der Waals surface area contributed by atoms with Crippen LogP contribution in [0.4, 0.5) is 22.7 Å². The molecule has 3 aromatic carbocycles. The second-order valence-corrected chi connectivity index (χ2v) is 20.2. The van der Waals surface area contributed by atoms with Gasteiger partial charge in [0.05, 0.1) is 36.0 Å². The molecule has 4 N–H and O–H groups in total. The van der Waals surface area contributed by atoms with E-state index in [9.17, 15) is 19.8 Å². The van der Waals surface area contributed by atoms with Gasteiger partial charge in [-0.05, 0) is 59.1 Å². The van der Waals surface area contributed by atoms with E-state index in [1.54, 1.807) is 24.6 Å². The van der Waals surface area contributed by atoms with Crippen LogP contribution in [-0.4, -0.2) is 47.7 Å². The van der Waals surface area contributed by atoms with Crippen molar-refractivity contribution >= 4 is 47.0 Å². The fourth-order valence-corrected chi connectivity index (χ4v) is 7.74. The Hall–Kier alpha value is -4.86. The Morgan fingerprint density at radius 3 is 1.09 bits per heavy atom. The van der Waals surface area contributed by atoms with Gasteiger partial charge in [-0.3, -0.25) is 19.6 Å². The molecule has 10 heteroatoms. The van der Waals surface area contributed by atoms with Crippen molar-refractivity contribution in [3.8, 4) is 23.0 Å². The predicted octanol–water partition coefficient (Wildman–Crippen LogP) is 15.7. The average molecular weight is 911 g/mol. The summed E-state index contributed by atoms with van der Waals surface area (Å²) < 4.78 is 13.0. The van der Waals surface area contributed by atoms with Crippen molar-refractivity contribution in [1.82, 2.24) is 0 Å². The first-order chi connectivity index (χ1) is 31.4. The maximum atomic E-state index is 12.2. The number of amides is 2. The quantitative estimate of drug-likeness (QED) is 0.0298. The first-order valence-electron chi connectivity index (χ1n) is 25.3. The zero-order valence-electron chi connectivity index (χ0n) is 42.6. The summed E-state index contributed by atoms with van der Waals surface area (Å²) in [5, 5.41) is 28.3. The molecule has 66 heavy (non-hydrogen) atoms. The van der Waals surface area contributed by atoms with E-state index in [0.29, 0.717) is 58.6 Å². The van der Waals surface area contributed by atoms with Crippen LogP contribution in [0.5, 0.6) is 23.0 Å². The van der Waals surface area contributed by atoms with Crippen LogP contribution < -0.4 is 20.1 Å².